The van der Waals surface area contributed by atoms with Gasteiger partial charge in [-0.05, 0) is 29.7 Å². The van der Waals surface area contributed by atoms with Crippen molar-refractivity contribution >= 4 is 5.97 Å². The third-order valence-electron chi connectivity index (χ3n) is 3.42. The van der Waals surface area contributed by atoms with Gasteiger partial charge < -0.3 is 19.9 Å². The van der Waals surface area contributed by atoms with Gasteiger partial charge in [0.25, 0.3) is 0 Å². The molecule has 0 amide bonds. The molecule has 2 rings (SSSR count). The zero-order valence-electron chi connectivity index (χ0n) is 13.3. The van der Waals surface area contributed by atoms with Crippen LogP contribution in [-0.4, -0.2) is 26.2 Å². The summed E-state index contributed by atoms with van der Waals surface area (Å²) >= 11 is 0. The monoisotopic (exact) mass is 315 g/mol. The predicted molar refractivity (Wildman–Crippen MR) is 87.5 cm³/mol. The summed E-state index contributed by atoms with van der Waals surface area (Å²) in [5.41, 5.74) is 7.74. The van der Waals surface area contributed by atoms with Crippen molar-refractivity contribution in [1.29, 1.82) is 0 Å². The molecule has 1 atom stereocenters. The van der Waals surface area contributed by atoms with Crippen LogP contribution in [0.5, 0.6) is 11.5 Å². The van der Waals surface area contributed by atoms with Gasteiger partial charge in [0.15, 0.2) is 11.5 Å². The van der Waals surface area contributed by atoms with Crippen LogP contribution in [0, 0.1) is 0 Å². The number of nitrogens with two attached hydrogens (primary N) is 1. The molecule has 23 heavy (non-hydrogen) atoms. The molecule has 2 aromatic carbocycles. The number of esters is 1. The van der Waals surface area contributed by atoms with E-state index in [-0.39, 0.29) is 0 Å². The third kappa shape index (κ3) is 4.72. The highest BCUT2D eigenvalue weighted by Gasteiger charge is 2.15. The van der Waals surface area contributed by atoms with Crippen LogP contribution >= 0.6 is 0 Å². The number of carbonyl (C=O) groups is 1. The average Bonchev–Trinajstić information content (AvgIpc) is 2.60. The van der Waals surface area contributed by atoms with E-state index in [9.17, 15) is 4.79 Å². The molecular weight excluding hydrogens is 294 g/mol. The average molecular weight is 315 g/mol. The van der Waals surface area contributed by atoms with Gasteiger partial charge in [-0.2, -0.15) is 0 Å². The van der Waals surface area contributed by atoms with E-state index in [0.29, 0.717) is 24.5 Å². The predicted octanol–water partition coefficient (Wildman–Crippen LogP) is 2.32. The lowest BCUT2D eigenvalue weighted by atomic mass is 10.1. The highest BCUT2D eigenvalue weighted by atomic mass is 16.5. The Balaban J connectivity index is 2.10. The first-order valence-electron chi connectivity index (χ1n) is 7.31. The Morgan fingerprint density at radius 3 is 2.43 bits per heavy atom. The fourth-order valence-electron chi connectivity index (χ4n) is 2.18. The maximum absolute atomic E-state index is 11.4. The molecule has 1 unspecified atom stereocenters. The summed E-state index contributed by atoms with van der Waals surface area (Å²) in [6, 6.07) is 14.7. The minimum absolute atomic E-state index is 0.373. The lowest BCUT2D eigenvalue weighted by Gasteiger charge is -2.14. The Morgan fingerprint density at radius 2 is 1.78 bits per heavy atom. The molecule has 2 aromatic rings. The van der Waals surface area contributed by atoms with Gasteiger partial charge in [0.1, 0.15) is 12.6 Å². The number of benzene rings is 2. The summed E-state index contributed by atoms with van der Waals surface area (Å²) in [6.45, 7) is 0.434. The number of ether oxygens (including phenoxy) is 3. The Kier molecular flexibility index (Phi) is 6.00. The lowest BCUT2D eigenvalue weighted by Crippen LogP contribution is -2.33. The molecule has 0 radical (unpaired) electrons. The largest absolute Gasteiger partial charge is 0.493 e. The van der Waals surface area contributed by atoms with E-state index in [1.54, 1.807) is 13.2 Å². The summed E-state index contributed by atoms with van der Waals surface area (Å²) in [6.07, 6.45) is 0.373. The standard InChI is InChI=1S/C18H21NO4/c1-21-16-9-8-14(10-15(19)18(20)22-2)11-17(16)23-12-13-6-4-3-5-7-13/h3-9,11,15H,10,12,19H2,1-2H3. The smallest absolute Gasteiger partial charge is 0.322 e. The highest BCUT2D eigenvalue weighted by Crippen LogP contribution is 2.29. The molecule has 0 heterocycles. The van der Waals surface area contributed by atoms with Crippen molar-refractivity contribution in [3.8, 4) is 11.5 Å². The topological polar surface area (TPSA) is 70.8 Å². The van der Waals surface area contributed by atoms with Gasteiger partial charge in [0.2, 0.25) is 0 Å². The van der Waals surface area contributed by atoms with Crippen molar-refractivity contribution in [2.75, 3.05) is 14.2 Å². The maximum atomic E-state index is 11.4. The summed E-state index contributed by atoms with van der Waals surface area (Å²) in [5.74, 6) is 0.815. The molecule has 5 nitrogen and oxygen atoms in total. The van der Waals surface area contributed by atoms with E-state index in [1.165, 1.54) is 7.11 Å². The molecule has 5 heteroatoms. The zero-order valence-corrected chi connectivity index (χ0v) is 13.3. The van der Waals surface area contributed by atoms with E-state index >= 15 is 0 Å². The SMILES string of the molecule is COC(=O)C(N)Cc1ccc(OC)c(OCc2ccccc2)c1. The minimum Gasteiger partial charge on any atom is -0.493 e. The van der Waals surface area contributed by atoms with E-state index in [0.717, 1.165) is 11.1 Å². The van der Waals surface area contributed by atoms with Gasteiger partial charge in [0, 0.05) is 0 Å². The van der Waals surface area contributed by atoms with Crippen LogP contribution in [0.3, 0.4) is 0 Å². The van der Waals surface area contributed by atoms with E-state index in [4.69, 9.17) is 15.2 Å². The molecule has 0 aliphatic carbocycles. The quantitative estimate of drug-likeness (QED) is 0.794. The van der Waals surface area contributed by atoms with Crippen LogP contribution in [0.25, 0.3) is 0 Å². The van der Waals surface area contributed by atoms with Crippen molar-refractivity contribution in [1.82, 2.24) is 0 Å². The summed E-state index contributed by atoms with van der Waals surface area (Å²) < 4.78 is 15.8. The van der Waals surface area contributed by atoms with E-state index < -0.39 is 12.0 Å². The first-order valence-corrected chi connectivity index (χ1v) is 7.31. The maximum Gasteiger partial charge on any atom is 0.322 e. The summed E-state index contributed by atoms with van der Waals surface area (Å²) in [4.78, 5) is 11.4. The van der Waals surface area contributed by atoms with Crippen LogP contribution in [0.4, 0.5) is 0 Å². The van der Waals surface area contributed by atoms with E-state index in [2.05, 4.69) is 4.74 Å². The Labute approximate surface area is 136 Å². The van der Waals surface area contributed by atoms with Crippen molar-refractivity contribution in [3.63, 3.8) is 0 Å². The molecule has 0 saturated heterocycles. The fourth-order valence-corrected chi connectivity index (χ4v) is 2.18. The van der Waals surface area contributed by atoms with Gasteiger partial charge in [-0.1, -0.05) is 36.4 Å². The van der Waals surface area contributed by atoms with Crippen molar-refractivity contribution in [2.45, 2.75) is 19.1 Å². The van der Waals surface area contributed by atoms with Gasteiger partial charge in [-0.3, -0.25) is 4.79 Å². The van der Waals surface area contributed by atoms with Crippen molar-refractivity contribution in [2.24, 2.45) is 5.73 Å². The second-order valence-corrected chi connectivity index (χ2v) is 5.09. The number of carbonyl (C=O) groups excluding carboxylic acids is 1. The second kappa shape index (κ2) is 8.19. The first-order chi connectivity index (χ1) is 11.1. The highest BCUT2D eigenvalue weighted by molar-refractivity contribution is 5.75. The molecular formula is C18H21NO4. The second-order valence-electron chi connectivity index (χ2n) is 5.09. The summed E-state index contributed by atoms with van der Waals surface area (Å²) in [5, 5.41) is 0. The van der Waals surface area contributed by atoms with Crippen molar-refractivity contribution in [3.05, 3.63) is 59.7 Å². The Morgan fingerprint density at radius 1 is 1.04 bits per heavy atom. The van der Waals surface area contributed by atoms with E-state index in [1.807, 2.05) is 42.5 Å². The van der Waals surface area contributed by atoms with Crippen LogP contribution in [0.15, 0.2) is 48.5 Å². The Hall–Kier alpha value is -2.53. The molecule has 0 aliphatic rings. The lowest BCUT2D eigenvalue weighted by molar-refractivity contribution is -0.142. The van der Waals surface area contributed by atoms with Gasteiger partial charge >= 0.3 is 5.97 Å². The molecule has 0 spiro atoms. The molecule has 122 valence electrons. The molecule has 2 N–H and O–H groups in total. The fraction of sp³-hybridized carbons (Fsp3) is 0.278. The van der Waals surface area contributed by atoms with Crippen LogP contribution < -0.4 is 15.2 Å². The molecule has 0 saturated carbocycles. The number of rotatable bonds is 7. The summed E-state index contributed by atoms with van der Waals surface area (Å²) in [7, 11) is 2.91. The Bertz CT molecular complexity index is 643. The molecule has 0 aromatic heterocycles. The first kappa shape index (κ1) is 16.8. The number of methoxy groups -OCH3 is 2. The van der Waals surface area contributed by atoms with Gasteiger partial charge in [-0.25, -0.2) is 0 Å². The van der Waals surface area contributed by atoms with Crippen LogP contribution in [0.1, 0.15) is 11.1 Å². The number of hydrogen-bond donors (Lipinski definition) is 1. The van der Waals surface area contributed by atoms with Gasteiger partial charge in [0.05, 0.1) is 14.2 Å². The minimum atomic E-state index is -0.699. The van der Waals surface area contributed by atoms with Crippen LogP contribution in [0.2, 0.25) is 0 Å². The normalized spacial score (nSPS) is 11.6. The van der Waals surface area contributed by atoms with Gasteiger partial charge in [-0.15, -0.1) is 0 Å². The number of hydrogen-bond acceptors (Lipinski definition) is 5. The zero-order chi connectivity index (χ0) is 16.7. The molecule has 0 bridgehead atoms. The molecule has 0 aliphatic heterocycles. The molecule has 0 fully saturated rings. The van der Waals surface area contributed by atoms with Crippen molar-refractivity contribution < 1.29 is 19.0 Å². The van der Waals surface area contributed by atoms with Crippen LogP contribution in [-0.2, 0) is 22.6 Å². The third-order valence-corrected chi connectivity index (χ3v) is 3.42.